The smallest absolute Gasteiger partial charge is 0.313 e. The second-order valence-corrected chi connectivity index (χ2v) is 5.15. The number of rotatable bonds is 6. The Balaban J connectivity index is 1.77. The first-order valence-corrected chi connectivity index (χ1v) is 7.85. The Morgan fingerprint density at radius 1 is 0.885 bits per heavy atom. The van der Waals surface area contributed by atoms with Gasteiger partial charge in [0.1, 0.15) is 11.6 Å². The minimum absolute atomic E-state index is 0.269. The Morgan fingerprint density at radius 2 is 1.46 bits per heavy atom. The van der Waals surface area contributed by atoms with Crippen LogP contribution in [-0.4, -0.2) is 30.9 Å². The molecule has 0 bridgehead atoms. The van der Waals surface area contributed by atoms with Gasteiger partial charge in [-0.3, -0.25) is 14.4 Å². The average molecular weight is 359 g/mol. The van der Waals surface area contributed by atoms with Gasteiger partial charge < -0.3 is 20.7 Å². The standard InChI is InChI=1S/C18H18FN3O4/c1-2-26-15-9-7-13(8-10-15)21-16(23)11-20-17(24)18(25)22-14-5-3-12(19)4-6-14/h3-10H,2,11H2,1H3,(H,20,24)(H,21,23)(H,22,25). The van der Waals surface area contributed by atoms with Gasteiger partial charge >= 0.3 is 11.8 Å². The fourth-order valence-electron chi connectivity index (χ4n) is 1.97. The van der Waals surface area contributed by atoms with Crippen molar-refractivity contribution in [1.29, 1.82) is 0 Å². The molecule has 0 atom stereocenters. The predicted molar refractivity (Wildman–Crippen MR) is 94.3 cm³/mol. The maximum atomic E-state index is 12.8. The number of carbonyl (C=O) groups excluding carboxylic acids is 3. The Hall–Kier alpha value is -3.42. The molecule has 0 fully saturated rings. The largest absolute Gasteiger partial charge is 0.494 e. The Bertz CT molecular complexity index is 776. The minimum atomic E-state index is -0.976. The molecule has 0 spiro atoms. The van der Waals surface area contributed by atoms with Crippen molar-refractivity contribution in [2.45, 2.75) is 6.92 Å². The van der Waals surface area contributed by atoms with Crippen molar-refractivity contribution >= 4 is 29.1 Å². The van der Waals surface area contributed by atoms with Crippen LogP contribution in [0.4, 0.5) is 15.8 Å². The van der Waals surface area contributed by atoms with Gasteiger partial charge in [0.15, 0.2) is 0 Å². The highest BCUT2D eigenvalue weighted by Gasteiger charge is 2.15. The normalized spacial score (nSPS) is 9.92. The van der Waals surface area contributed by atoms with E-state index in [4.69, 9.17) is 4.74 Å². The molecular weight excluding hydrogens is 341 g/mol. The summed E-state index contributed by atoms with van der Waals surface area (Å²) in [5.41, 5.74) is 0.800. The second-order valence-electron chi connectivity index (χ2n) is 5.15. The van der Waals surface area contributed by atoms with Crippen LogP contribution >= 0.6 is 0 Å². The summed E-state index contributed by atoms with van der Waals surface area (Å²) < 4.78 is 18.1. The summed E-state index contributed by atoms with van der Waals surface area (Å²) in [5.74, 6) is -2.20. The quantitative estimate of drug-likeness (QED) is 0.687. The second kappa shape index (κ2) is 9.16. The summed E-state index contributed by atoms with van der Waals surface area (Å²) in [6.07, 6.45) is 0. The molecule has 3 amide bonds. The van der Waals surface area contributed by atoms with Gasteiger partial charge in [0.2, 0.25) is 5.91 Å². The van der Waals surface area contributed by atoms with Crippen molar-refractivity contribution < 1.29 is 23.5 Å². The van der Waals surface area contributed by atoms with Gasteiger partial charge in [0.25, 0.3) is 0 Å². The molecule has 2 aromatic carbocycles. The molecule has 2 rings (SSSR count). The van der Waals surface area contributed by atoms with E-state index in [1.54, 1.807) is 24.3 Å². The molecule has 0 radical (unpaired) electrons. The van der Waals surface area contributed by atoms with E-state index >= 15 is 0 Å². The topological polar surface area (TPSA) is 96.5 Å². The van der Waals surface area contributed by atoms with E-state index in [1.807, 2.05) is 6.92 Å². The van der Waals surface area contributed by atoms with E-state index in [-0.39, 0.29) is 12.2 Å². The monoisotopic (exact) mass is 359 g/mol. The third-order valence-electron chi connectivity index (χ3n) is 3.17. The van der Waals surface area contributed by atoms with Gasteiger partial charge in [0.05, 0.1) is 13.2 Å². The molecule has 0 heterocycles. The molecular formula is C18H18FN3O4. The molecule has 0 aliphatic rings. The van der Waals surface area contributed by atoms with Crippen molar-refractivity contribution in [2.24, 2.45) is 0 Å². The zero-order chi connectivity index (χ0) is 18.9. The number of ether oxygens (including phenoxy) is 1. The highest BCUT2D eigenvalue weighted by Crippen LogP contribution is 2.15. The number of benzene rings is 2. The van der Waals surface area contributed by atoms with E-state index in [1.165, 1.54) is 12.1 Å². The SMILES string of the molecule is CCOc1ccc(NC(=O)CNC(=O)C(=O)Nc2ccc(F)cc2)cc1. The molecule has 8 heteroatoms. The van der Waals surface area contributed by atoms with Crippen LogP contribution in [0.1, 0.15) is 6.92 Å². The molecule has 26 heavy (non-hydrogen) atoms. The summed E-state index contributed by atoms with van der Waals surface area (Å²) in [5, 5.41) is 7.08. The molecule has 0 aliphatic carbocycles. The highest BCUT2D eigenvalue weighted by molar-refractivity contribution is 6.39. The summed E-state index contributed by atoms with van der Waals surface area (Å²) in [4.78, 5) is 35.2. The fourth-order valence-corrected chi connectivity index (χ4v) is 1.97. The summed E-state index contributed by atoms with van der Waals surface area (Å²) >= 11 is 0. The lowest BCUT2D eigenvalue weighted by Gasteiger charge is -2.08. The van der Waals surface area contributed by atoms with Crippen LogP contribution in [0, 0.1) is 5.82 Å². The summed E-state index contributed by atoms with van der Waals surface area (Å²) in [7, 11) is 0. The predicted octanol–water partition coefficient (Wildman–Crippen LogP) is 1.92. The van der Waals surface area contributed by atoms with Crippen LogP contribution < -0.4 is 20.7 Å². The zero-order valence-electron chi connectivity index (χ0n) is 14.0. The molecule has 0 aliphatic heterocycles. The summed E-state index contributed by atoms with van der Waals surface area (Å²) in [6, 6.07) is 11.7. The zero-order valence-corrected chi connectivity index (χ0v) is 14.0. The van der Waals surface area contributed by atoms with E-state index in [2.05, 4.69) is 16.0 Å². The van der Waals surface area contributed by atoms with E-state index in [0.29, 0.717) is 18.0 Å². The van der Waals surface area contributed by atoms with Gasteiger partial charge in [0, 0.05) is 11.4 Å². The first kappa shape index (κ1) is 18.9. The van der Waals surface area contributed by atoms with Crippen molar-refractivity contribution in [1.82, 2.24) is 5.32 Å². The Labute approximate surface area is 149 Å². The Morgan fingerprint density at radius 3 is 2.08 bits per heavy atom. The van der Waals surface area contributed by atoms with Crippen molar-refractivity contribution in [3.05, 3.63) is 54.3 Å². The molecule has 136 valence electrons. The molecule has 0 saturated heterocycles. The average Bonchev–Trinajstić information content (AvgIpc) is 2.63. The lowest BCUT2D eigenvalue weighted by Crippen LogP contribution is -2.39. The van der Waals surface area contributed by atoms with Gasteiger partial charge in [-0.25, -0.2) is 4.39 Å². The van der Waals surface area contributed by atoms with Crippen LogP contribution in [0.15, 0.2) is 48.5 Å². The van der Waals surface area contributed by atoms with Crippen LogP contribution in [0.2, 0.25) is 0 Å². The molecule has 2 aromatic rings. The first-order valence-electron chi connectivity index (χ1n) is 7.85. The first-order chi connectivity index (χ1) is 12.5. The highest BCUT2D eigenvalue weighted by atomic mass is 19.1. The van der Waals surface area contributed by atoms with Gasteiger partial charge in [-0.1, -0.05) is 0 Å². The molecule has 7 nitrogen and oxygen atoms in total. The molecule has 0 saturated carbocycles. The van der Waals surface area contributed by atoms with E-state index in [9.17, 15) is 18.8 Å². The number of anilines is 2. The molecule has 0 aromatic heterocycles. The Kier molecular flexibility index (Phi) is 6.67. The van der Waals surface area contributed by atoms with Gasteiger partial charge in [-0.05, 0) is 55.5 Å². The fraction of sp³-hybridized carbons (Fsp3) is 0.167. The third-order valence-corrected chi connectivity index (χ3v) is 3.17. The lowest BCUT2D eigenvalue weighted by molar-refractivity contribution is -0.136. The lowest BCUT2D eigenvalue weighted by atomic mass is 10.3. The maximum Gasteiger partial charge on any atom is 0.313 e. The van der Waals surface area contributed by atoms with Crippen molar-refractivity contribution in [2.75, 3.05) is 23.8 Å². The number of amides is 3. The van der Waals surface area contributed by atoms with Crippen LogP contribution in [-0.2, 0) is 14.4 Å². The van der Waals surface area contributed by atoms with Crippen LogP contribution in [0.5, 0.6) is 5.75 Å². The third kappa shape index (κ3) is 5.90. The van der Waals surface area contributed by atoms with Crippen LogP contribution in [0.25, 0.3) is 0 Å². The van der Waals surface area contributed by atoms with Crippen LogP contribution in [0.3, 0.4) is 0 Å². The van der Waals surface area contributed by atoms with Gasteiger partial charge in [-0.2, -0.15) is 0 Å². The number of halogens is 1. The molecule has 3 N–H and O–H groups in total. The van der Waals surface area contributed by atoms with Crippen molar-refractivity contribution in [3.63, 3.8) is 0 Å². The van der Waals surface area contributed by atoms with E-state index < -0.39 is 23.5 Å². The number of hydrogen-bond donors (Lipinski definition) is 3. The maximum absolute atomic E-state index is 12.8. The number of hydrogen-bond acceptors (Lipinski definition) is 4. The molecule has 0 unspecified atom stereocenters. The van der Waals surface area contributed by atoms with Gasteiger partial charge in [-0.15, -0.1) is 0 Å². The summed E-state index contributed by atoms with van der Waals surface area (Å²) in [6.45, 7) is 2.03. The number of nitrogens with one attached hydrogen (secondary N) is 3. The minimum Gasteiger partial charge on any atom is -0.494 e. The number of carbonyl (C=O) groups is 3. The van der Waals surface area contributed by atoms with Crippen molar-refractivity contribution in [3.8, 4) is 5.75 Å². The van der Waals surface area contributed by atoms with E-state index in [0.717, 1.165) is 12.1 Å².